The molecule has 0 amide bonds. The number of nitriles is 1. The third-order valence-electron chi connectivity index (χ3n) is 2.85. The average Bonchev–Trinajstić information content (AvgIpc) is 2.37. The van der Waals surface area contributed by atoms with Gasteiger partial charge in [0.15, 0.2) is 0 Å². The van der Waals surface area contributed by atoms with Crippen molar-refractivity contribution in [2.45, 2.75) is 13.0 Å². The molecule has 7 heteroatoms. The third kappa shape index (κ3) is 2.38. The molecule has 1 saturated heterocycles. The lowest BCUT2D eigenvalue weighted by atomic mass is 10.2. The zero-order valence-electron chi connectivity index (χ0n) is 9.96. The first kappa shape index (κ1) is 12.3. The summed E-state index contributed by atoms with van der Waals surface area (Å²) in [7, 11) is 0. The molecule has 2 heterocycles. The van der Waals surface area contributed by atoms with Crippen LogP contribution in [0.3, 0.4) is 0 Å². The predicted molar refractivity (Wildman–Crippen MR) is 65.3 cm³/mol. The number of nitrogens with zero attached hydrogens (tertiary/aromatic N) is 4. The van der Waals surface area contributed by atoms with Crippen LogP contribution < -0.4 is 10.2 Å². The number of nitro groups is 1. The summed E-state index contributed by atoms with van der Waals surface area (Å²) in [5.41, 5.74) is 0.0942. The molecule has 0 aromatic carbocycles. The minimum absolute atomic E-state index is 0.154. The Morgan fingerprint density at radius 2 is 2.50 bits per heavy atom. The van der Waals surface area contributed by atoms with Crippen molar-refractivity contribution in [1.82, 2.24) is 10.3 Å². The minimum atomic E-state index is -0.544. The van der Waals surface area contributed by atoms with Crippen LogP contribution in [0, 0.1) is 21.4 Å². The molecule has 0 bridgehead atoms. The van der Waals surface area contributed by atoms with Gasteiger partial charge in [-0.1, -0.05) is 0 Å². The van der Waals surface area contributed by atoms with E-state index in [1.165, 1.54) is 12.3 Å². The zero-order valence-corrected chi connectivity index (χ0v) is 9.96. The number of piperazine rings is 1. The maximum Gasteiger partial charge on any atom is 0.289 e. The summed E-state index contributed by atoms with van der Waals surface area (Å²) >= 11 is 0. The van der Waals surface area contributed by atoms with Crippen molar-refractivity contribution in [2.24, 2.45) is 0 Å². The first-order chi connectivity index (χ1) is 8.61. The summed E-state index contributed by atoms with van der Waals surface area (Å²) in [5, 5.41) is 23.0. The van der Waals surface area contributed by atoms with Gasteiger partial charge in [-0.25, -0.2) is 4.98 Å². The number of pyridine rings is 1. The smallest absolute Gasteiger partial charge is 0.289 e. The quantitative estimate of drug-likeness (QED) is 0.609. The highest BCUT2D eigenvalue weighted by Crippen LogP contribution is 2.22. The number of rotatable bonds is 2. The monoisotopic (exact) mass is 247 g/mol. The van der Waals surface area contributed by atoms with Crippen molar-refractivity contribution in [3.05, 3.63) is 27.9 Å². The van der Waals surface area contributed by atoms with Crippen LogP contribution >= 0.6 is 0 Å². The molecule has 0 unspecified atom stereocenters. The second kappa shape index (κ2) is 4.98. The van der Waals surface area contributed by atoms with Gasteiger partial charge in [-0.2, -0.15) is 5.26 Å². The molecule has 1 N–H and O–H groups in total. The van der Waals surface area contributed by atoms with E-state index in [0.29, 0.717) is 11.9 Å². The molecule has 1 aliphatic rings. The largest absolute Gasteiger partial charge is 0.353 e. The number of nitrogens with one attached hydrogen (secondary N) is 1. The number of anilines is 1. The summed E-state index contributed by atoms with van der Waals surface area (Å²) in [6.07, 6.45) is 1.20. The summed E-state index contributed by atoms with van der Waals surface area (Å²) in [6, 6.07) is 3.55. The molecule has 0 radical (unpaired) electrons. The van der Waals surface area contributed by atoms with Gasteiger partial charge in [0.2, 0.25) is 0 Å². The van der Waals surface area contributed by atoms with Crippen LogP contribution in [-0.4, -0.2) is 35.6 Å². The molecule has 0 aliphatic carbocycles. The molecular weight excluding hydrogens is 234 g/mol. The Balaban J connectivity index is 2.33. The number of hydrogen-bond acceptors (Lipinski definition) is 6. The molecule has 1 fully saturated rings. The second-order valence-corrected chi connectivity index (χ2v) is 4.23. The van der Waals surface area contributed by atoms with E-state index >= 15 is 0 Å². The Bertz CT molecular complexity index is 511. The topological polar surface area (TPSA) is 95.1 Å². The number of hydrogen-bond donors (Lipinski definition) is 1. The van der Waals surface area contributed by atoms with Crippen LogP contribution in [0.5, 0.6) is 0 Å². The molecule has 7 nitrogen and oxygen atoms in total. The first-order valence-corrected chi connectivity index (χ1v) is 5.64. The van der Waals surface area contributed by atoms with Crippen molar-refractivity contribution in [3.63, 3.8) is 0 Å². The molecule has 1 aromatic rings. The van der Waals surface area contributed by atoms with E-state index in [1.54, 1.807) is 0 Å². The fraction of sp³-hybridized carbons (Fsp3) is 0.455. The van der Waals surface area contributed by atoms with Crippen LogP contribution in [-0.2, 0) is 0 Å². The van der Waals surface area contributed by atoms with E-state index in [2.05, 4.69) is 10.3 Å². The van der Waals surface area contributed by atoms with Gasteiger partial charge in [0.25, 0.3) is 5.69 Å². The lowest BCUT2D eigenvalue weighted by Gasteiger charge is -2.33. The highest BCUT2D eigenvalue weighted by atomic mass is 16.6. The van der Waals surface area contributed by atoms with Crippen molar-refractivity contribution in [2.75, 3.05) is 24.5 Å². The molecule has 18 heavy (non-hydrogen) atoms. The van der Waals surface area contributed by atoms with Crippen molar-refractivity contribution in [3.8, 4) is 6.07 Å². The number of aromatic nitrogens is 1. The van der Waals surface area contributed by atoms with Gasteiger partial charge >= 0.3 is 0 Å². The molecule has 2 rings (SSSR count). The van der Waals surface area contributed by atoms with Crippen molar-refractivity contribution < 1.29 is 4.92 Å². The van der Waals surface area contributed by atoms with Crippen LogP contribution in [0.2, 0.25) is 0 Å². The lowest BCUT2D eigenvalue weighted by molar-refractivity contribution is -0.385. The van der Waals surface area contributed by atoms with Gasteiger partial charge in [0.05, 0.1) is 4.92 Å². The fourth-order valence-electron chi connectivity index (χ4n) is 2.01. The van der Waals surface area contributed by atoms with Crippen LogP contribution in [0.15, 0.2) is 12.3 Å². The Labute approximate surface area is 104 Å². The summed E-state index contributed by atoms with van der Waals surface area (Å²) in [4.78, 5) is 16.1. The van der Waals surface area contributed by atoms with Crippen molar-refractivity contribution >= 4 is 11.5 Å². The van der Waals surface area contributed by atoms with E-state index in [9.17, 15) is 10.1 Å². The summed E-state index contributed by atoms with van der Waals surface area (Å²) < 4.78 is 0. The average molecular weight is 247 g/mol. The predicted octanol–water partition coefficient (Wildman–Crippen LogP) is 0.660. The molecular formula is C11H13N5O2. The van der Waals surface area contributed by atoms with E-state index in [4.69, 9.17) is 5.26 Å². The Morgan fingerprint density at radius 3 is 3.11 bits per heavy atom. The summed E-state index contributed by atoms with van der Waals surface area (Å²) in [6.45, 7) is 4.33. The minimum Gasteiger partial charge on any atom is -0.353 e. The van der Waals surface area contributed by atoms with Crippen LogP contribution in [0.1, 0.15) is 12.5 Å². The van der Waals surface area contributed by atoms with E-state index < -0.39 is 4.92 Å². The normalized spacial score (nSPS) is 19.3. The van der Waals surface area contributed by atoms with Gasteiger partial charge in [-0.3, -0.25) is 10.1 Å². The van der Waals surface area contributed by atoms with Crippen molar-refractivity contribution in [1.29, 1.82) is 5.26 Å². The van der Waals surface area contributed by atoms with Crippen LogP contribution in [0.25, 0.3) is 0 Å². The van der Waals surface area contributed by atoms with Gasteiger partial charge in [-0.05, 0) is 6.92 Å². The maximum atomic E-state index is 10.6. The molecule has 1 aliphatic heterocycles. The summed E-state index contributed by atoms with van der Waals surface area (Å²) in [5.74, 6) is 0.524. The first-order valence-electron chi connectivity index (χ1n) is 5.64. The Morgan fingerprint density at radius 1 is 1.72 bits per heavy atom. The third-order valence-corrected chi connectivity index (χ3v) is 2.85. The molecule has 0 spiro atoms. The lowest BCUT2D eigenvalue weighted by Crippen LogP contribution is -2.49. The fourth-order valence-corrected chi connectivity index (χ4v) is 2.01. The van der Waals surface area contributed by atoms with Gasteiger partial charge < -0.3 is 10.2 Å². The molecule has 94 valence electrons. The highest BCUT2D eigenvalue weighted by Gasteiger charge is 2.21. The Kier molecular flexibility index (Phi) is 3.39. The van der Waals surface area contributed by atoms with E-state index in [1.807, 2.05) is 17.9 Å². The van der Waals surface area contributed by atoms with Crippen LogP contribution in [0.4, 0.5) is 11.5 Å². The van der Waals surface area contributed by atoms with E-state index in [0.717, 1.165) is 19.6 Å². The molecule has 0 saturated carbocycles. The second-order valence-electron chi connectivity index (χ2n) is 4.23. The molecule has 1 aromatic heterocycles. The van der Waals surface area contributed by atoms with Gasteiger partial charge in [0.1, 0.15) is 23.6 Å². The standard InChI is InChI=1S/C11H13N5O2/c1-8-7-15(3-2-13-8)11-9(5-12)4-10(6-14-11)16(17)18/h4,6,8,13H,2-3,7H2,1H3/t8-/m0/s1. The zero-order chi connectivity index (χ0) is 13.1. The van der Waals surface area contributed by atoms with Gasteiger partial charge in [-0.15, -0.1) is 0 Å². The maximum absolute atomic E-state index is 10.6. The van der Waals surface area contributed by atoms with Gasteiger partial charge in [0, 0.05) is 31.7 Å². The van der Waals surface area contributed by atoms with E-state index in [-0.39, 0.29) is 11.3 Å². The highest BCUT2D eigenvalue weighted by molar-refractivity contribution is 5.57. The SMILES string of the molecule is C[C@H]1CN(c2ncc([N+](=O)[O-])cc2C#N)CCN1. The molecule has 1 atom stereocenters. The Hall–Kier alpha value is -2.20.